The van der Waals surface area contributed by atoms with Gasteiger partial charge in [-0.15, -0.1) is 0 Å². The molecule has 6 N–H and O–H groups in total. The second kappa shape index (κ2) is 9.76. The van der Waals surface area contributed by atoms with E-state index in [1.54, 1.807) is 6.92 Å². The Labute approximate surface area is 170 Å². The normalized spacial score (nSPS) is 23.8. The molecule has 2 unspecified atom stereocenters. The van der Waals surface area contributed by atoms with Gasteiger partial charge in [0, 0.05) is 13.0 Å². The van der Waals surface area contributed by atoms with Crippen molar-refractivity contribution in [1.29, 1.82) is 0 Å². The number of aliphatic hydroxyl groups excluding tert-OH is 3. The molecule has 0 aromatic rings. The number of hydrogen-bond donors (Lipinski definition) is 6. The summed E-state index contributed by atoms with van der Waals surface area (Å²) >= 11 is 0. The first kappa shape index (κ1) is 25.9. The van der Waals surface area contributed by atoms with Crippen LogP contribution in [0, 0.1) is 5.92 Å². The highest BCUT2D eigenvalue weighted by Crippen LogP contribution is 2.54. The Kier molecular flexibility index (Phi) is 8.71. The Morgan fingerprint density at radius 3 is 2.21 bits per heavy atom. The Morgan fingerprint density at radius 2 is 1.83 bits per heavy atom. The van der Waals surface area contributed by atoms with Gasteiger partial charge >= 0.3 is 13.6 Å². The van der Waals surface area contributed by atoms with E-state index >= 15 is 0 Å². The second-order valence-corrected chi connectivity index (χ2v) is 9.68. The van der Waals surface area contributed by atoms with E-state index in [2.05, 4.69) is 0 Å². The van der Waals surface area contributed by atoms with Crippen LogP contribution in [0.5, 0.6) is 0 Å². The molecule has 4 atom stereocenters. The highest BCUT2D eigenvalue weighted by molar-refractivity contribution is 7.52. The monoisotopic (exact) mass is 440 g/mol. The molecule has 29 heavy (non-hydrogen) atoms. The summed E-state index contributed by atoms with van der Waals surface area (Å²) < 4.78 is 22.5. The van der Waals surface area contributed by atoms with E-state index < -0.39 is 60.4 Å². The van der Waals surface area contributed by atoms with Crippen LogP contribution in [0.1, 0.15) is 53.4 Å². The molecular weight excluding hydrogens is 407 g/mol. The number of carbonyl (C=O) groups excluding carboxylic acids is 1. The molecule has 0 aromatic heterocycles. The number of cyclic esters (lactones) is 1. The van der Waals surface area contributed by atoms with E-state index in [-0.39, 0.29) is 19.6 Å². The lowest BCUT2D eigenvalue weighted by atomic mass is 9.77. The number of rotatable bonds is 12. The van der Waals surface area contributed by atoms with Gasteiger partial charge in [0.15, 0.2) is 5.76 Å². The first-order chi connectivity index (χ1) is 13.2. The lowest BCUT2D eigenvalue weighted by molar-refractivity contribution is -0.169. The molecule has 10 nitrogen and oxygen atoms in total. The number of ether oxygens (including phenoxy) is 2. The first-order valence-corrected chi connectivity index (χ1v) is 11.3. The van der Waals surface area contributed by atoms with Gasteiger partial charge in [-0.3, -0.25) is 4.57 Å². The third-order valence-electron chi connectivity index (χ3n) is 5.14. The van der Waals surface area contributed by atoms with Gasteiger partial charge < -0.3 is 39.7 Å². The maximum atomic E-state index is 12.2. The van der Waals surface area contributed by atoms with Gasteiger partial charge in [0.25, 0.3) is 0 Å². The third-order valence-corrected chi connectivity index (χ3v) is 6.92. The van der Waals surface area contributed by atoms with E-state index in [1.165, 1.54) is 13.8 Å². The minimum absolute atomic E-state index is 0.213. The summed E-state index contributed by atoms with van der Waals surface area (Å²) in [5, 5.41) is 41.4. The Morgan fingerprint density at radius 1 is 1.24 bits per heavy atom. The lowest BCUT2D eigenvalue weighted by Crippen LogP contribution is -2.52. The fraction of sp³-hybridized carbons (Fsp3) is 0.833. The van der Waals surface area contributed by atoms with Crippen molar-refractivity contribution in [1.82, 2.24) is 0 Å². The number of aliphatic hydroxyl groups is 4. The molecule has 0 spiro atoms. The van der Waals surface area contributed by atoms with Crippen LogP contribution >= 0.6 is 7.60 Å². The zero-order valence-corrected chi connectivity index (χ0v) is 18.1. The maximum Gasteiger partial charge on any atom is 0.378 e. The van der Waals surface area contributed by atoms with Crippen LogP contribution in [-0.2, 0) is 18.8 Å². The average molecular weight is 440 g/mol. The van der Waals surface area contributed by atoms with Crippen molar-refractivity contribution >= 4 is 13.6 Å². The standard InChI is InChI=1S/C18H33O10P/c1-5-7-8-11(15(17(3,4)23)29(24,25)26)9-18(12(19)10-27-6-2)14(21)13(20)16(22)28-18/h11-12,15,19-21,23H,5-10H2,1-4H3,(H2,24,25,26)/t11?,12-,15?,18+/m0/s1. The molecular formula is C18H33O10P. The quantitative estimate of drug-likeness (QED) is 0.193. The minimum atomic E-state index is -4.85. The SMILES string of the molecule is CCCCC(C[C@]1([C@@H](O)COCC)OC(=O)C(O)=C1O)C(C(C)(C)O)P(=O)(O)O. The minimum Gasteiger partial charge on any atom is -0.505 e. The Bertz CT molecular complexity index is 650. The van der Waals surface area contributed by atoms with E-state index in [9.17, 15) is 39.6 Å². The molecule has 0 amide bonds. The van der Waals surface area contributed by atoms with E-state index in [4.69, 9.17) is 9.47 Å². The average Bonchev–Trinajstić information content (AvgIpc) is 2.79. The zero-order chi connectivity index (χ0) is 22.6. The zero-order valence-electron chi connectivity index (χ0n) is 17.2. The van der Waals surface area contributed by atoms with Crippen molar-refractivity contribution in [2.45, 2.75) is 76.3 Å². The summed E-state index contributed by atoms with van der Waals surface area (Å²) in [5.74, 6) is -4.22. The van der Waals surface area contributed by atoms with Crippen LogP contribution in [-0.4, -0.2) is 72.4 Å². The summed E-state index contributed by atoms with van der Waals surface area (Å²) in [6.07, 6.45) is -0.621. The van der Waals surface area contributed by atoms with Crippen molar-refractivity contribution in [3.63, 3.8) is 0 Å². The van der Waals surface area contributed by atoms with Crippen LogP contribution in [0.3, 0.4) is 0 Å². The fourth-order valence-corrected chi connectivity index (χ4v) is 5.54. The highest BCUT2D eigenvalue weighted by Gasteiger charge is 2.58. The summed E-state index contributed by atoms with van der Waals surface area (Å²) in [6.45, 7) is 5.90. The molecule has 0 fully saturated rings. The molecule has 1 aliphatic heterocycles. The molecule has 0 saturated carbocycles. The van der Waals surface area contributed by atoms with Gasteiger partial charge in [0.05, 0.1) is 17.9 Å². The summed E-state index contributed by atoms with van der Waals surface area (Å²) in [5.41, 5.74) is -5.52. The third kappa shape index (κ3) is 5.93. The van der Waals surface area contributed by atoms with Crippen molar-refractivity contribution in [2.24, 2.45) is 5.92 Å². The number of unbranched alkanes of at least 4 members (excludes halogenated alkanes) is 1. The summed E-state index contributed by atoms with van der Waals surface area (Å²) in [6, 6.07) is 0. The van der Waals surface area contributed by atoms with Crippen LogP contribution in [0.25, 0.3) is 0 Å². The molecule has 11 heteroatoms. The maximum absolute atomic E-state index is 12.2. The van der Waals surface area contributed by atoms with Crippen molar-refractivity contribution < 1.29 is 49.0 Å². The van der Waals surface area contributed by atoms with Gasteiger partial charge in [0.1, 0.15) is 6.10 Å². The van der Waals surface area contributed by atoms with Gasteiger partial charge in [-0.2, -0.15) is 0 Å². The second-order valence-electron chi connectivity index (χ2n) is 7.95. The molecule has 1 aliphatic rings. The molecule has 170 valence electrons. The number of esters is 1. The molecule has 0 bridgehead atoms. The summed E-state index contributed by atoms with van der Waals surface area (Å²) in [4.78, 5) is 31.7. The largest absolute Gasteiger partial charge is 0.505 e. The number of carbonyl (C=O) groups is 1. The molecule has 0 radical (unpaired) electrons. The van der Waals surface area contributed by atoms with Gasteiger partial charge in [-0.1, -0.05) is 19.8 Å². The summed E-state index contributed by atoms with van der Waals surface area (Å²) in [7, 11) is -4.85. The van der Waals surface area contributed by atoms with Crippen LogP contribution in [0.15, 0.2) is 11.5 Å². The van der Waals surface area contributed by atoms with Crippen molar-refractivity contribution in [3.8, 4) is 0 Å². The van der Waals surface area contributed by atoms with E-state index in [0.29, 0.717) is 12.8 Å². The van der Waals surface area contributed by atoms with Gasteiger partial charge in [0.2, 0.25) is 11.4 Å². The molecule has 0 saturated heterocycles. The van der Waals surface area contributed by atoms with Crippen molar-refractivity contribution in [2.75, 3.05) is 13.2 Å². The van der Waals surface area contributed by atoms with E-state index in [1.807, 2.05) is 6.92 Å². The molecule has 0 aromatic carbocycles. The van der Waals surface area contributed by atoms with E-state index in [0.717, 1.165) is 0 Å². The topological polar surface area (TPSA) is 174 Å². The first-order valence-electron chi connectivity index (χ1n) is 9.61. The predicted octanol–water partition coefficient (Wildman–Crippen LogP) is 1.52. The van der Waals surface area contributed by atoms with Gasteiger partial charge in [-0.25, -0.2) is 4.79 Å². The van der Waals surface area contributed by atoms with Crippen LogP contribution in [0.2, 0.25) is 0 Å². The molecule has 0 aliphatic carbocycles. The van der Waals surface area contributed by atoms with Crippen LogP contribution < -0.4 is 0 Å². The molecule has 1 rings (SSSR count). The molecule has 1 heterocycles. The van der Waals surface area contributed by atoms with Crippen molar-refractivity contribution in [3.05, 3.63) is 11.5 Å². The smallest absolute Gasteiger partial charge is 0.378 e. The Hall–Kier alpha value is -1.16. The lowest BCUT2D eigenvalue weighted by Gasteiger charge is -2.41. The predicted molar refractivity (Wildman–Crippen MR) is 103 cm³/mol. The highest BCUT2D eigenvalue weighted by atomic mass is 31.2. The van der Waals surface area contributed by atoms with Gasteiger partial charge in [-0.05, 0) is 33.1 Å². The van der Waals surface area contributed by atoms with Crippen LogP contribution in [0.4, 0.5) is 0 Å². The Balaban J connectivity index is 3.46. The number of hydrogen-bond acceptors (Lipinski definition) is 8. The fourth-order valence-electron chi connectivity index (χ4n) is 3.91.